The molecule has 0 aromatic heterocycles. The number of benzene rings is 2. The number of anilines is 1. The van der Waals surface area contributed by atoms with E-state index in [1.807, 2.05) is 37.3 Å². The highest BCUT2D eigenvalue weighted by molar-refractivity contribution is 7.89. The molecule has 4 rings (SSSR count). The maximum Gasteiger partial charge on any atom is 0.246 e. The average molecular weight is 472 g/mol. The van der Waals surface area contributed by atoms with Crippen LogP contribution in [0.4, 0.5) is 5.69 Å². The first-order valence-electron chi connectivity index (χ1n) is 11.9. The van der Waals surface area contributed by atoms with Gasteiger partial charge in [-0.3, -0.25) is 9.69 Å². The molecule has 2 aromatic carbocycles. The van der Waals surface area contributed by atoms with Gasteiger partial charge < -0.3 is 10.1 Å². The van der Waals surface area contributed by atoms with E-state index in [2.05, 4.69) is 10.2 Å². The third-order valence-corrected chi connectivity index (χ3v) is 8.23. The van der Waals surface area contributed by atoms with E-state index in [9.17, 15) is 13.2 Å². The van der Waals surface area contributed by atoms with Crippen molar-refractivity contribution in [3.8, 4) is 5.75 Å². The third-order valence-electron chi connectivity index (χ3n) is 6.31. The van der Waals surface area contributed by atoms with E-state index in [0.717, 1.165) is 50.8 Å². The molecule has 0 spiro atoms. The van der Waals surface area contributed by atoms with Gasteiger partial charge in [0, 0.05) is 18.8 Å². The van der Waals surface area contributed by atoms with Gasteiger partial charge >= 0.3 is 0 Å². The van der Waals surface area contributed by atoms with Gasteiger partial charge in [-0.15, -0.1) is 0 Å². The van der Waals surface area contributed by atoms with Crippen LogP contribution in [0.5, 0.6) is 5.75 Å². The predicted molar refractivity (Wildman–Crippen MR) is 129 cm³/mol. The smallest absolute Gasteiger partial charge is 0.246 e. The standard InChI is InChI=1S/C25H33N3O4S/c1-2-32-22-14-13-21(19-23(22)33(30,31)28-17-7-4-8-18-28)26-25(29)24(27-15-9-10-16-27)20-11-5-3-6-12-20/h3,5-6,11-14,19,24H,2,4,7-10,15-18H2,1H3,(H,26,29). The monoisotopic (exact) mass is 471 g/mol. The lowest BCUT2D eigenvalue weighted by Gasteiger charge is -2.28. The van der Waals surface area contributed by atoms with Gasteiger partial charge in [0.1, 0.15) is 16.7 Å². The Balaban J connectivity index is 1.63. The lowest BCUT2D eigenvalue weighted by atomic mass is 10.0. The molecule has 2 heterocycles. The van der Waals surface area contributed by atoms with Crippen molar-refractivity contribution in [2.24, 2.45) is 0 Å². The molecule has 7 nitrogen and oxygen atoms in total. The molecule has 2 fully saturated rings. The van der Waals surface area contributed by atoms with Crippen LogP contribution in [-0.2, 0) is 14.8 Å². The highest BCUT2D eigenvalue weighted by Gasteiger charge is 2.32. The fourth-order valence-electron chi connectivity index (χ4n) is 4.68. The quantitative estimate of drug-likeness (QED) is 0.629. The minimum absolute atomic E-state index is 0.112. The second kappa shape index (κ2) is 10.7. The number of hydrogen-bond acceptors (Lipinski definition) is 5. The number of nitrogens with one attached hydrogen (secondary N) is 1. The first kappa shape index (κ1) is 23.7. The van der Waals surface area contributed by atoms with Gasteiger partial charge in [-0.1, -0.05) is 36.8 Å². The number of nitrogens with zero attached hydrogens (tertiary/aromatic N) is 2. The van der Waals surface area contributed by atoms with Crippen LogP contribution in [0.15, 0.2) is 53.4 Å². The van der Waals surface area contributed by atoms with Crippen LogP contribution in [-0.4, -0.2) is 56.3 Å². The lowest BCUT2D eigenvalue weighted by molar-refractivity contribution is -0.121. The number of ether oxygens (including phenoxy) is 1. The molecular weight excluding hydrogens is 438 g/mol. The molecule has 1 amide bonds. The Morgan fingerprint density at radius 1 is 0.970 bits per heavy atom. The van der Waals surface area contributed by atoms with Gasteiger partial charge in [0.2, 0.25) is 15.9 Å². The third kappa shape index (κ3) is 5.39. The van der Waals surface area contributed by atoms with Gasteiger partial charge in [0.25, 0.3) is 0 Å². The maximum absolute atomic E-state index is 13.4. The van der Waals surface area contributed by atoms with Crippen LogP contribution < -0.4 is 10.1 Å². The SMILES string of the molecule is CCOc1ccc(NC(=O)C(c2ccccc2)N2CCCC2)cc1S(=O)(=O)N1CCCCC1. The van der Waals surface area contributed by atoms with Crippen molar-refractivity contribution in [2.45, 2.75) is 50.0 Å². The second-order valence-electron chi connectivity index (χ2n) is 8.60. The van der Waals surface area contributed by atoms with E-state index >= 15 is 0 Å². The van der Waals surface area contributed by atoms with Gasteiger partial charge in [-0.25, -0.2) is 8.42 Å². The van der Waals surface area contributed by atoms with Crippen molar-refractivity contribution >= 4 is 21.6 Å². The predicted octanol–water partition coefficient (Wildman–Crippen LogP) is 4.04. The number of piperidine rings is 1. The molecule has 2 aliphatic rings. The first-order valence-corrected chi connectivity index (χ1v) is 13.3. The topological polar surface area (TPSA) is 79.0 Å². The van der Waals surface area contributed by atoms with Gasteiger partial charge in [0.15, 0.2) is 0 Å². The van der Waals surface area contributed by atoms with Crippen molar-refractivity contribution < 1.29 is 17.9 Å². The number of amides is 1. The molecule has 2 aromatic rings. The molecule has 1 N–H and O–H groups in total. The Labute approximate surface area is 196 Å². The summed E-state index contributed by atoms with van der Waals surface area (Å²) in [6.45, 7) is 4.94. The minimum Gasteiger partial charge on any atom is -0.492 e. The van der Waals surface area contributed by atoms with Crippen LogP contribution in [0, 0.1) is 0 Å². The summed E-state index contributed by atoms with van der Waals surface area (Å²) in [6.07, 6.45) is 4.88. The van der Waals surface area contributed by atoms with E-state index < -0.39 is 16.1 Å². The van der Waals surface area contributed by atoms with Crippen LogP contribution in [0.25, 0.3) is 0 Å². The lowest BCUT2D eigenvalue weighted by Crippen LogP contribution is -2.36. The molecule has 0 radical (unpaired) electrons. The minimum atomic E-state index is -3.71. The molecule has 178 valence electrons. The van der Waals surface area contributed by atoms with Crippen LogP contribution in [0.2, 0.25) is 0 Å². The summed E-state index contributed by atoms with van der Waals surface area (Å²) in [5.41, 5.74) is 1.39. The van der Waals surface area contributed by atoms with E-state index in [4.69, 9.17) is 4.74 Å². The number of sulfonamides is 1. The average Bonchev–Trinajstić information content (AvgIpc) is 3.36. The van der Waals surface area contributed by atoms with Crippen molar-refractivity contribution in [1.29, 1.82) is 0 Å². The summed E-state index contributed by atoms with van der Waals surface area (Å²) in [5.74, 6) is 0.161. The zero-order chi connectivity index (χ0) is 23.3. The summed E-state index contributed by atoms with van der Waals surface area (Å²) >= 11 is 0. The molecule has 1 unspecified atom stereocenters. The Morgan fingerprint density at radius 3 is 2.30 bits per heavy atom. The fraction of sp³-hybridized carbons (Fsp3) is 0.480. The number of hydrogen-bond donors (Lipinski definition) is 1. The Morgan fingerprint density at radius 2 is 1.64 bits per heavy atom. The molecular formula is C25H33N3O4S. The van der Waals surface area contributed by atoms with Crippen LogP contribution in [0.1, 0.15) is 50.6 Å². The molecule has 1 atom stereocenters. The summed E-state index contributed by atoms with van der Waals surface area (Å²) in [5, 5.41) is 2.98. The summed E-state index contributed by atoms with van der Waals surface area (Å²) < 4.78 is 34.0. The molecule has 0 aliphatic carbocycles. The summed E-state index contributed by atoms with van der Waals surface area (Å²) in [7, 11) is -3.71. The largest absolute Gasteiger partial charge is 0.492 e. The first-order chi connectivity index (χ1) is 16.0. The highest BCUT2D eigenvalue weighted by atomic mass is 32.2. The Kier molecular flexibility index (Phi) is 7.67. The molecule has 33 heavy (non-hydrogen) atoms. The van der Waals surface area contributed by atoms with E-state index in [0.29, 0.717) is 31.1 Å². The second-order valence-corrected chi connectivity index (χ2v) is 10.5. The molecule has 2 aliphatic heterocycles. The number of carbonyl (C=O) groups excluding carboxylic acids is 1. The maximum atomic E-state index is 13.4. The highest BCUT2D eigenvalue weighted by Crippen LogP contribution is 2.33. The Hall–Kier alpha value is -2.42. The van der Waals surface area contributed by atoms with Crippen molar-refractivity contribution in [3.05, 3.63) is 54.1 Å². The summed E-state index contributed by atoms with van der Waals surface area (Å²) in [6, 6.07) is 14.2. The van der Waals surface area contributed by atoms with Crippen molar-refractivity contribution in [2.75, 3.05) is 38.1 Å². The molecule has 0 saturated carbocycles. The number of rotatable bonds is 8. The van der Waals surface area contributed by atoms with Gasteiger partial charge in [0.05, 0.1) is 6.61 Å². The van der Waals surface area contributed by atoms with Crippen LogP contribution in [0.3, 0.4) is 0 Å². The molecule has 2 saturated heterocycles. The zero-order valence-corrected chi connectivity index (χ0v) is 20.0. The van der Waals surface area contributed by atoms with Crippen LogP contribution >= 0.6 is 0 Å². The normalized spacial score (nSPS) is 18.7. The number of likely N-dealkylation sites (tertiary alicyclic amines) is 1. The summed E-state index contributed by atoms with van der Waals surface area (Å²) in [4.78, 5) is 15.7. The van der Waals surface area contributed by atoms with E-state index in [-0.39, 0.29) is 10.8 Å². The molecule has 0 bridgehead atoms. The Bertz CT molecular complexity index is 1050. The van der Waals surface area contributed by atoms with Crippen molar-refractivity contribution in [1.82, 2.24) is 9.21 Å². The molecule has 8 heteroatoms. The van der Waals surface area contributed by atoms with Crippen molar-refractivity contribution in [3.63, 3.8) is 0 Å². The number of carbonyl (C=O) groups is 1. The van der Waals surface area contributed by atoms with Gasteiger partial charge in [-0.2, -0.15) is 4.31 Å². The fourth-order valence-corrected chi connectivity index (χ4v) is 6.35. The van der Waals surface area contributed by atoms with Gasteiger partial charge in [-0.05, 0) is 69.5 Å². The zero-order valence-electron chi connectivity index (χ0n) is 19.2. The van der Waals surface area contributed by atoms with E-state index in [1.54, 1.807) is 18.2 Å². The van der Waals surface area contributed by atoms with E-state index in [1.165, 1.54) is 4.31 Å².